The van der Waals surface area contributed by atoms with Crippen molar-refractivity contribution in [2.45, 2.75) is 25.9 Å². The van der Waals surface area contributed by atoms with Gasteiger partial charge in [-0.15, -0.1) is 0 Å². The zero-order valence-corrected chi connectivity index (χ0v) is 8.08. The molecular weight excluding hydrogens is 178 g/mol. The van der Waals surface area contributed by atoms with Gasteiger partial charge in [0, 0.05) is 6.54 Å². The van der Waals surface area contributed by atoms with Crippen LogP contribution < -0.4 is 5.32 Å². The lowest BCUT2D eigenvalue weighted by molar-refractivity contribution is -0.139. The molecule has 1 atom stereocenters. The van der Waals surface area contributed by atoms with E-state index in [4.69, 9.17) is 5.11 Å². The van der Waals surface area contributed by atoms with E-state index in [-0.39, 0.29) is 0 Å². The number of aliphatic carboxylic acids is 1. The highest BCUT2D eigenvalue weighted by Crippen LogP contribution is 2.26. The Morgan fingerprint density at radius 1 is 1.64 bits per heavy atom. The molecule has 1 heterocycles. The Morgan fingerprint density at radius 2 is 2.43 bits per heavy atom. The third-order valence-corrected chi connectivity index (χ3v) is 2.67. The van der Waals surface area contributed by atoms with Gasteiger partial charge < -0.3 is 5.11 Å². The summed E-state index contributed by atoms with van der Waals surface area (Å²) in [5.74, 6) is -0.794. The Bertz CT molecular complexity index is 374. The molecule has 0 aromatic heterocycles. The molecular formula is C11H13NO2. The molecule has 0 saturated heterocycles. The van der Waals surface area contributed by atoms with Crippen molar-refractivity contribution in [1.82, 2.24) is 5.32 Å². The van der Waals surface area contributed by atoms with Crippen LogP contribution in [0.5, 0.6) is 0 Å². The van der Waals surface area contributed by atoms with Gasteiger partial charge in [0.1, 0.15) is 6.04 Å². The summed E-state index contributed by atoms with van der Waals surface area (Å²) in [7, 11) is 0. The van der Waals surface area contributed by atoms with Crippen molar-refractivity contribution in [2.75, 3.05) is 0 Å². The summed E-state index contributed by atoms with van der Waals surface area (Å²) in [5.41, 5.74) is 3.23. The highest BCUT2D eigenvalue weighted by Gasteiger charge is 2.27. The van der Waals surface area contributed by atoms with Crippen molar-refractivity contribution in [1.29, 1.82) is 0 Å². The Balaban J connectivity index is 2.41. The van der Waals surface area contributed by atoms with Gasteiger partial charge in [-0.2, -0.15) is 0 Å². The van der Waals surface area contributed by atoms with E-state index in [0.717, 1.165) is 17.5 Å². The zero-order chi connectivity index (χ0) is 10.1. The smallest absolute Gasteiger partial charge is 0.325 e. The maximum atomic E-state index is 10.9. The van der Waals surface area contributed by atoms with E-state index >= 15 is 0 Å². The van der Waals surface area contributed by atoms with Gasteiger partial charge in [0.25, 0.3) is 0 Å². The molecule has 1 aliphatic rings. The van der Waals surface area contributed by atoms with Crippen molar-refractivity contribution in [3.8, 4) is 0 Å². The summed E-state index contributed by atoms with van der Waals surface area (Å²) in [6.07, 6.45) is 0.944. The number of aryl methyl sites for hydroxylation is 1. The molecule has 0 bridgehead atoms. The number of rotatable bonds is 2. The summed E-state index contributed by atoms with van der Waals surface area (Å²) in [6.45, 7) is 2.73. The maximum absolute atomic E-state index is 10.9. The molecule has 0 aliphatic carbocycles. The van der Waals surface area contributed by atoms with E-state index in [0.29, 0.717) is 6.54 Å². The third kappa shape index (κ3) is 1.40. The molecule has 0 unspecified atom stereocenters. The summed E-state index contributed by atoms with van der Waals surface area (Å²) in [5, 5.41) is 11.9. The summed E-state index contributed by atoms with van der Waals surface area (Å²) >= 11 is 0. The number of nitrogens with one attached hydrogen (secondary N) is 1. The van der Waals surface area contributed by atoms with E-state index in [1.165, 1.54) is 5.56 Å². The lowest BCUT2D eigenvalue weighted by atomic mass is 10.0. The number of carboxylic acid groups (broad SMARTS) is 1. The topological polar surface area (TPSA) is 49.3 Å². The van der Waals surface area contributed by atoms with Gasteiger partial charge >= 0.3 is 5.97 Å². The van der Waals surface area contributed by atoms with Crippen molar-refractivity contribution in [2.24, 2.45) is 0 Å². The lowest BCUT2D eigenvalue weighted by Crippen LogP contribution is -2.21. The van der Waals surface area contributed by atoms with Crippen molar-refractivity contribution in [3.63, 3.8) is 0 Å². The van der Waals surface area contributed by atoms with E-state index in [1.54, 1.807) is 0 Å². The molecule has 1 aromatic rings. The minimum Gasteiger partial charge on any atom is -0.480 e. The van der Waals surface area contributed by atoms with Crippen LogP contribution in [0.1, 0.15) is 29.7 Å². The fraction of sp³-hybridized carbons (Fsp3) is 0.364. The SMILES string of the molecule is CCc1ccc2c(c1)[C@H](C(=O)O)NC2. The molecule has 3 heteroatoms. The van der Waals surface area contributed by atoms with Crippen molar-refractivity contribution in [3.05, 3.63) is 34.9 Å². The van der Waals surface area contributed by atoms with E-state index in [1.807, 2.05) is 12.1 Å². The minimum atomic E-state index is -0.794. The van der Waals surface area contributed by atoms with Gasteiger partial charge in [-0.1, -0.05) is 25.1 Å². The fourth-order valence-electron chi connectivity index (χ4n) is 1.84. The summed E-state index contributed by atoms with van der Waals surface area (Å²) in [6, 6.07) is 5.56. The molecule has 0 saturated carbocycles. The first-order valence-corrected chi connectivity index (χ1v) is 4.80. The highest BCUT2D eigenvalue weighted by molar-refractivity contribution is 5.77. The predicted molar refractivity (Wildman–Crippen MR) is 53.0 cm³/mol. The standard InChI is InChI=1S/C11H13NO2/c1-2-7-3-4-8-6-12-10(11(13)14)9(8)5-7/h3-5,10,12H,2,6H2,1H3,(H,13,14)/t10-/m1/s1. The molecule has 0 spiro atoms. The molecule has 2 rings (SSSR count). The van der Waals surface area contributed by atoms with Crippen LogP contribution in [-0.2, 0) is 17.8 Å². The molecule has 0 amide bonds. The number of hydrogen-bond donors (Lipinski definition) is 2. The normalized spacial score (nSPS) is 19.4. The Hall–Kier alpha value is -1.35. The predicted octanol–water partition coefficient (Wildman–Crippen LogP) is 1.48. The van der Waals surface area contributed by atoms with Crippen LogP contribution in [-0.4, -0.2) is 11.1 Å². The zero-order valence-electron chi connectivity index (χ0n) is 8.08. The quantitative estimate of drug-likeness (QED) is 0.744. The average Bonchev–Trinajstić information content (AvgIpc) is 2.59. The molecule has 74 valence electrons. The number of carbonyl (C=O) groups is 1. The molecule has 0 fully saturated rings. The van der Waals surface area contributed by atoms with Crippen LogP contribution in [0.25, 0.3) is 0 Å². The van der Waals surface area contributed by atoms with Gasteiger partial charge in [0.15, 0.2) is 0 Å². The Morgan fingerprint density at radius 3 is 3.07 bits per heavy atom. The largest absolute Gasteiger partial charge is 0.480 e. The van der Waals surface area contributed by atoms with Crippen LogP contribution in [0.4, 0.5) is 0 Å². The highest BCUT2D eigenvalue weighted by atomic mass is 16.4. The lowest BCUT2D eigenvalue weighted by Gasteiger charge is -2.07. The summed E-state index contributed by atoms with van der Waals surface area (Å²) < 4.78 is 0. The second-order valence-electron chi connectivity index (χ2n) is 3.54. The third-order valence-electron chi connectivity index (χ3n) is 2.67. The number of hydrogen-bond acceptors (Lipinski definition) is 2. The van der Waals surface area contributed by atoms with Gasteiger partial charge in [0.2, 0.25) is 0 Å². The molecule has 2 N–H and O–H groups in total. The van der Waals surface area contributed by atoms with Crippen LogP contribution >= 0.6 is 0 Å². The molecule has 1 aromatic carbocycles. The number of fused-ring (bicyclic) bond motifs is 1. The van der Waals surface area contributed by atoms with E-state index < -0.39 is 12.0 Å². The van der Waals surface area contributed by atoms with Crippen LogP contribution in [0, 0.1) is 0 Å². The second kappa shape index (κ2) is 3.42. The van der Waals surface area contributed by atoms with Crippen LogP contribution in [0.2, 0.25) is 0 Å². The van der Waals surface area contributed by atoms with Crippen LogP contribution in [0.3, 0.4) is 0 Å². The molecule has 1 aliphatic heterocycles. The fourth-order valence-corrected chi connectivity index (χ4v) is 1.84. The van der Waals surface area contributed by atoms with Gasteiger partial charge in [-0.25, -0.2) is 0 Å². The minimum absolute atomic E-state index is 0.517. The first-order chi connectivity index (χ1) is 6.72. The first-order valence-electron chi connectivity index (χ1n) is 4.80. The molecule has 14 heavy (non-hydrogen) atoms. The monoisotopic (exact) mass is 191 g/mol. The maximum Gasteiger partial charge on any atom is 0.325 e. The van der Waals surface area contributed by atoms with E-state index in [2.05, 4.69) is 18.3 Å². The first kappa shape index (κ1) is 9.21. The number of benzene rings is 1. The Kier molecular flexibility index (Phi) is 2.25. The molecule has 0 radical (unpaired) electrons. The van der Waals surface area contributed by atoms with Crippen molar-refractivity contribution >= 4 is 5.97 Å². The average molecular weight is 191 g/mol. The van der Waals surface area contributed by atoms with Gasteiger partial charge in [0.05, 0.1) is 0 Å². The van der Waals surface area contributed by atoms with Gasteiger partial charge in [-0.05, 0) is 23.1 Å². The number of carboxylic acids is 1. The second-order valence-corrected chi connectivity index (χ2v) is 3.54. The van der Waals surface area contributed by atoms with Gasteiger partial charge in [-0.3, -0.25) is 10.1 Å². The van der Waals surface area contributed by atoms with E-state index in [9.17, 15) is 4.79 Å². The summed E-state index contributed by atoms with van der Waals surface area (Å²) in [4.78, 5) is 10.9. The Labute approximate surface area is 82.8 Å². The van der Waals surface area contributed by atoms with Crippen LogP contribution in [0.15, 0.2) is 18.2 Å². The molecule has 3 nitrogen and oxygen atoms in total. The van der Waals surface area contributed by atoms with Crippen molar-refractivity contribution < 1.29 is 9.90 Å².